The molecular weight excluding hydrogens is 422 g/mol. The van der Waals surface area contributed by atoms with E-state index in [-0.39, 0.29) is 11.0 Å². The highest BCUT2D eigenvalue weighted by atomic mass is 16.5. The fraction of sp³-hybridized carbons (Fsp3) is 0.208. The van der Waals surface area contributed by atoms with Gasteiger partial charge in [0.1, 0.15) is 17.7 Å². The number of aromatic nitrogens is 4. The van der Waals surface area contributed by atoms with Gasteiger partial charge in [-0.25, -0.2) is 14.8 Å². The van der Waals surface area contributed by atoms with Crippen molar-refractivity contribution in [2.45, 2.75) is 13.5 Å². The van der Waals surface area contributed by atoms with E-state index in [1.807, 2.05) is 43.3 Å². The molecule has 0 bridgehead atoms. The van der Waals surface area contributed by atoms with Gasteiger partial charge in [-0.05, 0) is 24.6 Å². The number of aryl methyl sites for hydroxylation is 2. The van der Waals surface area contributed by atoms with Gasteiger partial charge in [0.25, 0.3) is 5.56 Å². The molecule has 0 unspecified atom stereocenters. The van der Waals surface area contributed by atoms with E-state index in [1.54, 1.807) is 19.2 Å². The van der Waals surface area contributed by atoms with Gasteiger partial charge in [-0.15, -0.1) is 0 Å². The summed E-state index contributed by atoms with van der Waals surface area (Å²) in [6.45, 7) is 1.46. The van der Waals surface area contributed by atoms with E-state index in [0.29, 0.717) is 17.3 Å². The molecule has 0 aliphatic rings. The minimum Gasteiger partial charge on any atom is -0.495 e. The first-order valence-corrected chi connectivity index (χ1v) is 10.2. The minimum absolute atomic E-state index is 0.153. The zero-order chi connectivity index (χ0) is 23.7. The molecule has 9 heteroatoms. The molecule has 4 aromatic rings. The van der Waals surface area contributed by atoms with Crippen molar-refractivity contribution in [2.75, 3.05) is 19.1 Å². The lowest BCUT2D eigenvalue weighted by molar-refractivity contribution is -0.119. The molecule has 0 radical (unpaired) electrons. The van der Waals surface area contributed by atoms with Crippen LogP contribution in [-0.4, -0.2) is 39.2 Å². The number of nitrogens with zero attached hydrogens (tertiary/aromatic N) is 5. The van der Waals surface area contributed by atoms with Crippen LogP contribution in [0.4, 0.5) is 5.69 Å². The van der Waals surface area contributed by atoms with Gasteiger partial charge in [0, 0.05) is 25.9 Å². The Morgan fingerprint density at radius 3 is 2.55 bits per heavy atom. The summed E-state index contributed by atoms with van der Waals surface area (Å²) in [5.41, 5.74) is 1.20. The topological polar surface area (TPSA) is 99.3 Å². The van der Waals surface area contributed by atoms with Gasteiger partial charge in [-0.2, -0.15) is 0 Å². The summed E-state index contributed by atoms with van der Waals surface area (Å²) in [5, 5.41) is 0.153. The van der Waals surface area contributed by atoms with E-state index in [2.05, 4.69) is 9.97 Å². The van der Waals surface area contributed by atoms with Crippen molar-refractivity contribution >= 4 is 22.6 Å². The van der Waals surface area contributed by atoms with E-state index in [9.17, 15) is 14.4 Å². The second-order valence-corrected chi connectivity index (χ2v) is 7.66. The van der Waals surface area contributed by atoms with E-state index in [0.717, 1.165) is 15.7 Å². The maximum atomic E-state index is 13.1. The van der Waals surface area contributed by atoms with Crippen LogP contribution in [0, 0.1) is 6.92 Å². The normalized spacial score (nSPS) is 10.9. The summed E-state index contributed by atoms with van der Waals surface area (Å²) in [6.07, 6.45) is 1.39. The number of carbonyl (C=O) groups is 1. The monoisotopic (exact) mass is 445 g/mol. The quantitative estimate of drug-likeness (QED) is 0.467. The van der Waals surface area contributed by atoms with Crippen molar-refractivity contribution in [3.8, 4) is 17.1 Å². The van der Waals surface area contributed by atoms with Crippen molar-refractivity contribution in [1.29, 1.82) is 0 Å². The van der Waals surface area contributed by atoms with Gasteiger partial charge >= 0.3 is 5.69 Å². The van der Waals surface area contributed by atoms with Gasteiger partial charge in [-0.3, -0.25) is 18.7 Å². The summed E-state index contributed by atoms with van der Waals surface area (Å²) in [5.74, 6) is 0.467. The zero-order valence-electron chi connectivity index (χ0n) is 18.8. The van der Waals surface area contributed by atoms with Crippen LogP contribution in [0.25, 0.3) is 22.4 Å². The van der Waals surface area contributed by atoms with Crippen LogP contribution in [0.3, 0.4) is 0 Å². The molecule has 168 valence electrons. The van der Waals surface area contributed by atoms with Gasteiger partial charge in [-0.1, -0.05) is 36.4 Å². The number of rotatable bonds is 5. The van der Waals surface area contributed by atoms with Crippen LogP contribution < -0.4 is 20.9 Å². The van der Waals surface area contributed by atoms with Gasteiger partial charge < -0.3 is 9.64 Å². The summed E-state index contributed by atoms with van der Waals surface area (Å²) < 4.78 is 7.50. The molecule has 4 rings (SSSR count). The summed E-state index contributed by atoms with van der Waals surface area (Å²) in [4.78, 5) is 49.2. The van der Waals surface area contributed by atoms with Crippen LogP contribution in [0.5, 0.6) is 5.75 Å². The number of methoxy groups -OCH3 is 1. The number of carbonyl (C=O) groups excluding carboxylic acids is 1. The second-order valence-electron chi connectivity index (χ2n) is 7.66. The Bertz CT molecular complexity index is 1470. The third-order valence-corrected chi connectivity index (χ3v) is 5.47. The highest BCUT2D eigenvalue weighted by Crippen LogP contribution is 2.28. The Morgan fingerprint density at radius 2 is 1.85 bits per heavy atom. The van der Waals surface area contributed by atoms with E-state index in [4.69, 9.17) is 4.74 Å². The molecule has 0 atom stereocenters. The molecule has 33 heavy (non-hydrogen) atoms. The highest BCUT2D eigenvalue weighted by Gasteiger charge is 2.20. The zero-order valence-corrected chi connectivity index (χ0v) is 18.8. The number of hydrogen-bond donors (Lipinski definition) is 0. The molecule has 9 nitrogen and oxygen atoms in total. The van der Waals surface area contributed by atoms with Gasteiger partial charge in [0.2, 0.25) is 5.91 Å². The first kappa shape index (κ1) is 21.9. The van der Waals surface area contributed by atoms with Crippen LogP contribution in [0.2, 0.25) is 0 Å². The Morgan fingerprint density at radius 1 is 1.12 bits per heavy atom. The van der Waals surface area contributed by atoms with Crippen LogP contribution in [0.15, 0.2) is 64.3 Å². The van der Waals surface area contributed by atoms with Crippen molar-refractivity contribution < 1.29 is 9.53 Å². The lowest BCUT2D eigenvalue weighted by Crippen LogP contribution is -2.44. The SMILES string of the molecule is COc1ccc(C)cc1N(C)C(=O)Cn1c(=O)c2cnc(-c3ccccc3)nc2n(C)c1=O. The Labute approximate surface area is 189 Å². The smallest absolute Gasteiger partial charge is 0.332 e. The fourth-order valence-corrected chi connectivity index (χ4v) is 3.59. The minimum atomic E-state index is -0.636. The molecule has 0 saturated carbocycles. The van der Waals surface area contributed by atoms with Crippen LogP contribution in [0.1, 0.15) is 5.56 Å². The number of hydrogen-bond acceptors (Lipinski definition) is 6. The van der Waals surface area contributed by atoms with Crippen molar-refractivity contribution in [2.24, 2.45) is 7.05 Å². The molecule has 0 aliphatic heterocycles. The third-order valence-electron chi connectivity index (χ3n) is 5.47. The van der Waals surface area contributed by atoms with Crippen molar-refractivity contribution in [3.63, 3.8) is 0 Å². The number of amides is 1. The maximum Gasteiger partial charge on any atom is 0.332 e. The summed E-state index contributed by atoms with van der Waals surface area (Å²) in [6, 6.07) is 14.7. The molecule has 2 heterocycles. The number of benzene rings is 2. The first-order chi connectivity index (χ1) is 15.8. The Balaban J connectivity index is 1.74. The Hall–Kier alpha value is -4.27. The van der Waals surface area contributed by atoms with Crippen LogP contribution in [-0.2, 0) is 18.4 Å². The first-order valence-electron chi connectivity index (χ1n) is 10.2. The molecular formula is C24H23N5O4. The second kappa shape index (κ2) is 8.70. The molecule has 1 amide bonds. The number of ether oxygens (including phenoxy) is 1. The largest absolute Gasteiger partial charge is 0.495 e. The van der Waals surface area contributed by atoms with Gasteiger partial charge in [0.15, 0.2) is 11.5 Å². The number of likely N-dealkylation sites (N-methyl/N-ethyl adjacent to an activating group) is 1. The number of anilines is 1. The van der Waals surface area contributed by atoms with E-state index >= 15 is 0 Å². The third kappa shape index (κ3) is 4.00. The molecule has 0 fully saturated rings. The van der Waals surface area contributed by atoms with Crippen LogP contribution >= 0.6 is 0 Å². The maximum absolute atomic E-state index is 13.1. The lowest BCUT2D eigenvalue weighted by Gasteiger charge is -2.21. The molecule has 0 N–H and O–H groups in total. The summed E-state index contributed by atoms with van der Waals surface area (Å²) in [7, 11) is 4.60. The predicted molar refractivity (Wildman–Crippen MR) is 126 cm³/mol. The van der Waals surface area contributed by atoms with E-state index in [1.165, 1.54) is 29.8 Å². The molecule has 0 saturated heterocycles. The average Bonchev–Trinajstić information content (AvgIpc) is 2.84. The lowest BCUT2D eigenvalue weighted by atomic mass is 10.2. The summed E-state index contributed by atoms with van der Waals surface area (Å²) >= 11 is 0. The number of fused-ring (bicyclic) bond motifs is 1. The predicted octanol–water partition coefficient (Wildman–Crippen LogP) is 2.14. The molecule has 2 aromatic heterocycles. The molecule has 0 aliphatic carbocycles. The van der Waals surface area contributed by atoms with E-state index < -0.39 is 23.7 Å². The molecule has 0 spiro atoms. The van der Waals surface area contributed by atoms with Crippen molar-refractivity contribution in [3.05, 3.63) is 81.1 Å². The highest BCUT2D eigenvalue weighted by molar-refractivity contribution is 5.94. The van der Waals surface area contributed by atoms with Gasteiger partial charge in [0.05, 0.1) is 12.8 Å². The standard InChI is InChI=1S/C24H23N5O4/c1-15-10-11-19(33-4)18(12-15)27(2)20(30)14-29-23(31)17-13-25-21(16-8-6-5-7-9-16)26-22(17)28(3)24(29)32/h5-13H,14H2,1-4H3. The van der Waals surface area contributed by atoms with Crippen molar-refractivity contribution in [1.82, 2.24) is 19.1 Å². The Kier molecular flexibility index (Phi) is 5.78. The fourth-order valence-electron chi connectivity index (χ4n) is 3.59. The molecule has 2 aromatic carbocycles. The average molecular weight is 445 g/mol.